The summed E-state index contributed by atoms with van der Waals surface area (Å²) >= 11 is 13.2. The summed E-state index contributed by atoms with van der Waals surface area (Å²) in [5.74, 6) is -0.343. The molecule has 0 atom stereocenters. The smallest absolute Gasteiger partial charge is 0.250 e. The standard InChI is InChI=1S/C12H9Cl2N3OS/c13-6-1-2-8(14)9(3-6)19-10-5-17-11(15)4-7(10)12(16)18/h1-5H,(H2,15,17)(H2,16,18). The normalized spacial score (nSPS) is 10.4. The molecule has 0 saturated heterocycles. The third kappa shape index (κ3) is 3.32. The molecule has 7 heteroatoms. The number of halogens is 2. The number of hydrogen-bond donors (Lipinski definition) is 2. The van der Waals surface area contributed by atoms with Crippen molar-refractivity contribution in [1.29, 1.82) is 0 Å². The summed E-state index contributed by atoms with van der Waals surface area (Å²) in [5, 5.41) is 1.08. The van der Waals surface area contributed by atoms with Crippen LogP contribution in [0.2, 0.25) is 10.0 Å². The number of nitrogens with zero attached hydrogens (tertiary/aromatic N) is 1. The molecule has 1 heterocycles. The molecule has 0 aliphatic rings. The number of amides is 1. The summed E-state index contributed by atoms with van der Waals surface area (Å²) in [4.78, 5) is 16.6. The Morgan fingerprint density at radius 1 is 1.21 bits per heavy atom. The molecule has 2 rings (SSSR count). The van der Waals surface area contributed by atoms with Crippen LogP contribution in [0, 0.1) is 0 Å². The third-order valence-electron chi connectivity index (χ3n) is 2.27. The number of carbonyl (C=O) groups excluding carboxylic acids is 1. The van der Waals surface area contributed by atoms with Gasteiger partial charge in [0.15, 0.2) is 0 Å². The lowest BCUT2D eigenvalue weighted by molar-refractivity contribution is 0.0997. The van der Waals surface area contributed by atoms with E-state index in [1.54, 1.807) is 18.2 Å². The van der Waals surface area contributed by atoms with Crippen LogP contribution in [0.3, 0.4) is 0 Å². The molecule has 0 radical (unpaired) electrons. The van der Waals surface area contributed by atoms with Crippen LogP contribution in [0.5, 0.6) is 0 Å². The molecular weight excluding hydrogens is 305 g/mol. The molecule has 2 aromatic rings. The molecular formula is C12H9Cl2N3OS. The van der Waals surface area contributed by atoms with Crippen molar-refractivity contribution >= 4 is 46.7 Å². The van der Waals surface area contributed by atoms with Gasteiger partial charge in [-0.25, -0.2) is 4.98 Å². The number of carbonyl (C=O) groups is 1. The third-order valence-corrected chi connectivity index (χ3v) is 4.05. The van der Waals surface area contributed by atoms with E-state index in [1.165, 1.54) is 24.0 Å². The number of hydrogen-bond acceptors (Lipinski definition) is 4. The number of benzene rings is 1. The summed E-state index contributed by atoms with van der Waals surface area (Å²) in [6.07, 6.45) is 1.48. The van der Waals surface area contributed by atoms with E-state index in [4.69, 9.17) is 34.7 Å². The predicted molar refractivity (Wildman–Crippen MR) is 77.8 cm³/mol. The van der Waals surface area contributed by atoms with Crippen LogP contribution in [-0.2, 0) is 0 Å². The Morgan fingerprint density at radius 3 is 2.63 bits per heavy atom. The van der Waals surface area contributed by atoms with Crippen molar-refractivity contribution < 1.29 is 4.79 Å². The minimum absolute atomic E-state index is 0.232. The number of pyridine rings is 1. The monoisotopic (exact) mass is 313 g/mol. The average molecular weight is 314 g/mol. The summed E-state index contributed by atoms with van der Waals surface area (Å²) in [5.41, 5.74) is 11.1. The first-order chi connectivity index (χ1) is 8.97. The first kappa shape index (κ1) is 14.0. The maximum Gasteiger partial charge on any atom is 0.250 e. The number of aromatic nitrogens is 1. The first-order valence-electron chi connectivity index (χ1n) is 5.15. The van der Waals surface area contributed by atoms with Gasteiger partial charge in [0.25, 0.3) is 0 Å². The lowest BCUT2D eigenvalue weighted by Gasteiger charge is -2.08. The molecule has 1 aromatic carbocycles. The van der Waals surface area contributed by atoms with Gasteiger partial charge in [0.1, 0.15) is 5.82 Å². The molecule has 0 bridgehead atoms. The van der Waals surface area contributed by atoms with Gasteiger partial charge in [-0.15, -0.1) is 0 Å². The minimum Gasteiger partial charge on any atom is -0.384 e. The fraction of sp³-hybridized carbons (Fsp3) is 0. The van der Waals surface area contributed by atoms with Gasteiger partial charge in [-0.3, -0.25) is 4.79 Å². The van der Waals surface area contributed by atoms with Crippen molar-refractivity contribution in [1.82, 2.24) is 4.98 Å². The Kier molecular flexibility index (Phi) is 4.19. The van der Waals surface area contributed by atoms with Gasteiger partial charge in [-0.05, 0) is 24.3 Å². The molecule has 0 unspecified atom stereocenters. The van der Waals surface area contributed by atoms with E-state index in [0.29, 0.717) is 25.4 Å². The molecule has 0 spiro atoms. The van der Waals surface area contributed by atoms with Gasteiger partial charge in [0.05, 0.1) is 10.6 Å². The van der Waals surface area contributed by atoms with Crippen molar-refractivity contribution in [3.8, 4) is 0 Å². The minimum atomic E-state index is -0.574. The van der Waals surface area contributed by atoms with Crippen LogP contribution in [-0.4, -0.2) is 10.9 Å². The number of nitrogen functional groups attached to an aromatic ring is 1. The van der Waals surface area contributed by atoms with Crippen molar-refractivity contribution in [3.63, 3.8) is 0 Å². The lowest BCUT2D eigenvalue weighted by Crippen LogP contribution is -2.13. The van der Waals surface area contributed by atoms with Gasteiger partial charge in [0, 0.05) is 21.0 Å². The molecule has 0 fully saturated rings. The molecule has 4 nitrogen and oxygen atoms in total. The highest BCUT2D eigenvalue weighted by molar-refractivity contribution is 7.99. The molecule has 19 heavy (non-hydrogen) atoms. The topological polar surface area (TPSA) is 82.0 Å². The molecule has 0 aliphatic heterocycles. The van der Waals surface area contributed by atoms with Crippen LogP contribution >= 0.6 is 35.0 Å². The molecule has 98 valence electrons. The second-order valence-corrected chi connectivity index (χ2v) is 5.57. The summed E-state index contributed by atoms with van der Waals surface area (Å²) in [7, 11) is 0. The van der Waals surface area contributed by atoms with E-state index in [0.717, 1.165) is 0 Å². The SMILES string of the molecule is NC(=O)c1cc(N)ncc1Sc1cc(Cl)ccc1Cl. The van der Waals surface area contributed by atoms with Gasteiger partial charge in [-0.2, -0.15) is 0 Å². The summed E-state index contributed by atoms with van der Waals surface area (Å²) in [6, 6.07) is 6.50. The number of anilines is 1. The second-order valence-electron chi connectivity index (χ2n) is 3.65. The molecule has 1 aromatic heterocycles. The van der Waals surface area contributed by atoms with Crippen molar-refractivity contribution in [2.45, 2.75) is 9.79 Å². The molecule has 0 aliphatic carbocycles. The number of nitrogens with two attached hydrogens (primary N) is 2. The molecule has 4 N–H and O–H groups in total. The van der Waals surface area contributed by atoms with Crippen molar-refractivity contribution in [2.75, 3.05) is 5.73 Å². The highest BCUT2D eigenvalue weighted by atomic mass is 35.5. The molecule has 1 amide bonds. The first-order valence-corrected chi connectivity index (χ1v) is 6.73. The zero-order valence-electron chi connectivity index (χ0n) is 9.56. The quantitative estimate of drug-likeness (QED) is 0.911. The van der Waals surface area contributed by atoms with Crippen LogP contribution in [0.1, 0.15) is 10.4 Å². The Balaban J connectivity index is 2.43. The van der Waals surface area contributed by atoms with Crippen molar-refractivity contribution in [3.05, 3.63) is 46.1 Å². The number of primary amides is 1. The second kappa shape index (κ2) is 5.69. The van der Waals surface area contributed by atoms with Gasteiger partial charge < -0.3 is 11.5 Å². The highest BCUT2D eigenvalue weighted by Crippen LogP contribution is 2.36. The molecule has 0 saturated carbocycles. The van der Waals surface area contributed by atoms with E-state index in [1.807, 2.05) is 0 Å². The van der Waals surface area contributed by atoms with E-state index in [9.17, 15) is 4.79 Å². The van der Waals surface area contributed by atoms with E-state index < -0.39 is 5.91 Å². The van der Waals surface area contributed by atoms with Crippen LogP contribution in [0.15, 0.2) is 40.3 Å². The van der Waals surface area contributed by atoms with Crippen LogP contribution in [0.4, 0.5) is 5.82 Å². The van der Waals surface area contributed by atoms with E-state index >= 15 is 0 Å². The lowest BCUT2D eigenvalue weighted by atomic mass is 10.2. The fourth-order valence-electron chi connectivity index (χ4n) is 1.41. The summed E-state index contributed by atoms with van der Waals surface area (Å²) < 4.78 is 0. The average Bonchev–Trinajstić information content (AvgIpc) is 2.35. The predicted octanol–water partition coefficient (Wildman–Crippen LogP) is 3.22. The van der Waals surface area contributed by atoms with E-state index in [2.05, 4.69) is 4.98 Å². The maximum atomic E-state index is 11.4. The van der Waals surface area contributed by atoms with Gasteiger partial charge >= 0.3 is 0 Å². The Hall–Kier alpha value is -1.43. The zero-order valence-corrected chi connectivity index (χ0v) is 11.9. The Bertz CT molecular complexity index is 649. The summed E-state index contributed by atoms with van der Waals surface area (Å²) in [6.45, 7) is 0. The van der Waals surface area contributed by atoms with Crippen LogP contribution < -0.4 is 11.5 Å². The fourth-order valence-corrected chi connectivity index (χ4v) is 2.84. The number of rotatable bonds is 3. The van der Waals surface area contributed by atoms with E-state index in [-0.39, 0.29) is 5.82 Å². The zero-order chi connectivity index (χ0) is 14.0. The maximum absolute atomic E-state index is 11.4. The van der Waals surface area contributed by atoms with Crippen LogP contribution in [0.25, 0.3) is 0 Å². The van der Waals surface area contributed by atoms with Crippen molar-refractivity contribution in [2.24, 2.45) is 5.73 Å². The van der Waals surface area contributed by atoms with Gasteiger partial charge in [0.2, 0.25) is 5.91 Å². The Morgan fingerprint density at radius 2 is 1.95 bits per heavy atom. The largest absolute Gasteiger partial charge is 0.384 e. The Labute approximate surface area is 124 Å². The highest BCUT2D eigenvalue weighted by Gasteiger charge is 2.12. The van der Waals surface area contributed by atoms with Gasteiger partial charge in [-0.1, -0.05) is 35.0 Å².